The number of rotatable bonds is 1. The molecule has 0 amide bonds. The van der Waals surface area contributed by atoms with Crippen LogP contribution in [0.15, 0.2) is 91.1 Å². The minimum absolute atomic E-state index is 0.0360. The van der Waals surface area contributed by atoms with Gasteiger partial charge in [-0.25, -0.2) is 0 Å². The van der Waals surface area contributed by atoms with Crippen molar-refractivity contribution in [2.75, 3.05) is 0 Å². The predicted molar refractivity (Wildman–Crippen MR) is 134 cm³/mol. The molecular weight excluding hydrogens is 385 g/mol. The predicted octanol–water partition coefficient (Wildman–Crippen LogP) is 5.52. The summed E-state index contributed by atoms with van der Waals surface area (Å²) in [6.45, 7) is 6.86. The Morgan fingerprint density at radius 3 is 2.28 bits per heavy atom. The molecule has 1 aromatic heterocycles. The van der Waals surface area contributed by atoms with Crippen LogP contribution < -0.4 is 9.94 Å². The fraction of sp³-hybridized carbons (Fsp3) is 0.167. The molecule has 1 aliphatic carbocycles. The number of benzene rings is 3. The molecule has 4 aromatic rings. The summed E-state index contributed by atoms with van der Waals surface area (Å²) < 4.78 is 2.67. The quantitative estimate of drug-likeness (QED) is 0.364. The molecule has 0 radical (unpaired) electrons. The van der Waals surface area contributed by atoms with Gasteiger partial charge in [0, 0.05) is 11.6 Å². The van der Waals surface area contributed by atoms with Crippen LogP contribution in [0.3, 0.4) is 0 Å². The van der Waals surface area contributed by atoms with Crippen molar-refractivity contribution in [3.63, 3.8) is 0 Å². The zero-order chi connectivity index (χ0) is 21.7. The molecule has 154 valence electrons. The first-order valence-corrected chi connectivity index (χ1v) is 11.7. The normalized spacial score (nSPS) is 25.8. The minimum atomic E-state index is -1.11. The maximum Gasteiger partial charge on any atom is 0.322 e. The van der Waals surface area contributed by atoms with Crippen LogP contribution >= 0.6 is 0 Å². The van der Waals surface area contributed by atoms with Gasteiger partial charge in [0.15, 0.2) is 5.69 Å². The molecule has 0 bridgehead atoms. The van der Waals surface area contributed by atoms with Gasteiger partial charge in [-0.05, 0) is 43.8 Å². The maximum atomic E-state index is 2.67. The lowest BCUT2D eigenvalue weighted by atomic mass is 9.35. The average molecular weight is 411 g/mol. The van der Waals surface area contributed by atoms with E-state index in [9.17, 15) is 0 Å². The van der Waals surface area contributed by atoms with Crippen LogP contribution in [-0.4, -0.2) is 6.28 Å². The van der Waals surface area contributed by atoms with Crippen LogP contribution in [0.25, 0.3) is 17.3 Å². The second kappa shape index (κ2) is 5.89. The van der Waals surface area contributed by atoms with Crippen molar-refractivity contribution in [1.82, 2.24) is 0 Å². The molecule has 3 aliphatic rings. The number of pyridine rings is 1. The van der Waals surface area contributed by atoms with Gasteiger partial charge in [-0.15, -0.1) is 11.5 Å². The summed E-state index contributed by atoms with van der Waals surface area (Å²) in [5.74, 6) is 0.437. The van der Waals surface area contributed by atoms with Crippen LogP contribution in [-0.2, 0) is 5.31 Å². The largest absolute Gasteiger partial charge is 0.415 e. The first kappa shape index (κ1) is 18.2. The smallest absolute Gasteiger partial charge is 0.322 e. The third kappa shape index (κ3) is 1.83. The molecule has 3 aromatic carbocycles. The van der Waals surface area contributed by atoms with Gasteiger partial charge in [0.25, 0.3) is 0 Å². The van der Waals surface area contributed by atoms with E-state index in [2.05, 4.69) is 122 Å². The van der Waals surface area contributed by atoms with Gasteiger partial charge >= 0.3 is 6.28 Å². The third-order valence-electron chi connectivity index (χ3n) is 8.68. The average Bonchev–Trinajstić information content (AvgIpc) is 3.44. The second-order valence-electron chi connectivity index (χ2n) is 10.1. The number of aryl methyl sites for hydroxylation is 3. The first-order chi connectivity index (χ1) is 15.6. The first-order valence-electron chi connectivity index (χ1n) is 11.7. The molecule has 7 rings (SSSR count). The number of hydrogen-bond acceptors (Lipinski definition) is 0. The molecule has 2 heteroatoms. The van der Waals surface area contributed by atoms with Crippen molar-refractivity contribution in [3.8, 4) is 11.3 Å². The van der Waals surface area contributed by atoms with E-state index in [0.717, 1.165) is 0 Å². The van der Waals surface area contributed by atoms with Gasteiger partial charge in [-0.2, -0.15) is 0 Å². The fourth-order valence-electron chi connectivity index (χ4n) is 8.02. The van der Waals surface area contributed by atoms with E-state index in [-0.39, 0.29) is 5.31 Å². The second-order valence-corrected chi connectivity index (χ2v) is 10.1. The van der Waals surface area contributed by atoms with Crippen LogP contribution in [0.2, 0.25) is 5.82 Å². The van der Waals surface area contributed by atoms with Crippen molar-refractivity contribution in [3.05, 3.63) is 125 Å². The molecule has 3 atom stereocenters. The fourth-order valence-corrected chi connectivity index (χ4v) is 8.02. The van der Waals surface area contributed by atoms with Crippen molar-refractivity contribution in [2.45, 2.75) is 31.9 Å². The Labute approximate surface area is 190 Å². The Balaban J connectivity index is 1.71. The molecule has 3 heterocycles. The Hall–Kier alpha value is -3.39. The van der Waals surface area contributed by atoms with Crippen molar-refractivity contribution in [2.24, 2.45) is 0 Å². The van der Waals surface area contributed by atoms with Crippen LogP contribution in [0.5, 0.6) is 0 Å². The van der Waals surface area contributed by atoms with Crippen LogP contribution in [0, 0.1) is 20.8 Å². The van der Waals surface area contributed by atoms with Gasteiger partial charge in [-0.3, -0.25) is 0 Å². The number of allylic oxidation sites excluding steroid dienone is 1. The van der Waals surface area contributed by atoms with Crippen molar-refractivity contribution >= 4 is 17.8 Å². The Bertz CT molecular complexity index is 1460. The minimum Gasteiger partial charge on any atom is -0.415 e. The summed E-state index contributed by atoms with van der Waals surface area (Å²) in [6, 6.07) is 29.7. The van der Waals surface area contributed by atoms with Crippen LogP contribution in [0.1, 0.15) is 33.4 Å². The highest BCUT2D eigenvalue weighted by molar-refractivity contribution is 7.01. The summed E-state index contributed by atoms with van der Waals surface area (Å²) in [6.07, 6.45) is 6.13. The van der Waals surface area contributed by atoms with Gasteiger partial charge in [0.05, 0.1) is 0 Å². The summed E-state index contributed by atoms with van der Waals surface area (Å²) in [7, 11) is 0. The maximum absolute atomic E-state index is 2.67. The highest BCUT2D eigenvalue weighted by Gasteiger charge is 2.82. The zero-order valence-electron chi connectivity index (χ0n) is 18.8. The van der Waals surface area contributed by atoms with Gasteiger partial charge in [0.2, 0.25) is 0 Å². The highest BCUT2D eigenvalue weighted by Crippen LogP contribution is 2.73. The standard InChI is InChI=1S/C30H26BN/c1-20-18-21(2)29(22(3)19-20)31-28-16-15-23-10-4-6-12-25(23)30(28,31)26-13-7-5-11-24(26)27-14-8-9-17-32(27)31/h4-19,28H,1-3H3/t28-,30-,31-/m0/s1. The molecule has 1 spiro atoms. The molecular formula is C30H26BN. The van der Waals surface area contributed by atoms with E-state index in [1.165, 1.54) is 44.6 Å². The number of nitrogens with zero attached hydrogens (tertiary/aromatic N) is 1. The molecule has 0 saturated carbocycles. The van der Waals surface area contributed by atoms with E-state index < -0.39 is 6.28 Å². The third-order valence-corrected chi connectivity index (χ3v) is 8.68. The zero-order valence-corrected chi connectivity index (χ0v) is 18.8. The lowest BCUT2D eigenvalue weighted by Crippen LogP contribution is -2.70. The Morgan fingerprint density at radius 1 is 0.781 bits per heavy atom. The van der Waals surface area contributed by atoms with E-state index in [4.69, 9.17) is 0 Å². The Kier molecular flexibility index (Phi) is 3.35. The summed E-state index contributed by atoms with van der Waals surface area (Å²) in [5.41, 5.74) is 12.8. The summed E-state index contributed by atoms with van der Waals surface area (Å²) in [5, 5.41) is -0.0360. The number of aromatic nitrogens is 1. The molecule has 0 N–H and O–H groups in total. The topological polar surface area (TPSA) is 3.88 Å². The van der Waals surface area contributed by atoms with Crippen LogP contribution in [0.4, 0.5) is 0 Å². The lowest BCUT2D eigenvalue weighted by molar-refractivity contribution is -0.529. The van der Waals surface area contributed by atoms with E-state index >= 15 is 0 Å². The van der Waals surface area contributed by atoms with E-state index in [0.29, 0.717) is 5.82 Å². The lowest BCUT2D eigenvalue weighted by Gasteiger charge is -2.39. The van der Waals surface area contributed by atoms with Crippen molar-refractivity contribution in [1.29, 1.82) is 0 Å². The number of fused-ring (bicyclic) bond motifs is 6. The molecule has 0 unspecified atom stereocenters. The number of hydrogen-bond donors (Lipinski definition) is 0. The van der Waals surface area contributed by atoms with E-state index in [1.807, 2.05) is 0 Å². The molecule has 1 saturated heterocycles. The van der Waals surface area contributed by atoms with Gasteiger partial charge in [-0.1, -0.05) is 100 Å². The summed E-state index contributed by atoms with van der Waals surface area (Å²) in [4.78, 5) is 0. The highest BCUT2D eigenvalue weighted by atomic mass is 15.0. The molecule has 1 nitrogen and oxygen atoms in total. The SMILES string of the molecule is Cc1cc(C)c([B@@-]23[C@H]4C=Cc5ccccc5[C@]42c2ccccc2-c2cccc[n+]23)c(C)c1. The molecule has 2 aliphatic heterocycles. The van der Waals surface area contributed by atoms with Gasteiger partial charge < -0.3 is 4.48 Å². The molecule has 32 heavy (non-hydrogen) atoms. The monoisotopic (exact) mass is 411 g/mol. The molecule has 1 fully saturated rings. The van der Waals surface area contributed by atoms with Gasteiger partial charge in [0.1, 0.15) is 6.20 Å². The summed E-state index contributed by atoms with van der Waals surface area (Å²) >= 11 is 0. The Morgan fingerprint density at radius 2 is 1.47 bits per heavy atom. The van der Waals surface area contributed by atoms with E-state index in [1.54, 1.807) is 5.46 Å². The van der Waals surface area contributed by atoms with Crippen molar-refractivity contribution < 1.29 is 4.48 Å².